The van der Waals surface area contributed by atoms with Gasteiger partial charge in [0, 0.05) is 27.7 Å². The minimum atomic E-state index is -2.88. The zero-order chi connectivity index (χ0) is 25.3. The van der Waals surface area contributed by atoms with Crippen LogP contribution in [0.5, 0.6) is 0 Å². The number of nitrogens with zero attached hydrogens (tertiary/aromatic N) is 4. The van der Waals surface area contributed by atoms with Crippen LogP contribution in [0.1, 0.15) is 22.1 Å². The van der Waals surface area contributed by atoms with E-state index in [0.717, 1.165) is 0 Å². The van der Waals surface area contributed by atoms with Crippen LogP contribution in [0.15, 0.2) is 54.6 Å². The quantitative estimate of drug-likeness (QED) is 0.616. The number of rotatable bonds is 2. The van der Waals surface area contributed by atoms with Crippen LogP contribution in [0.25, 0.3) is 33.7 Å². The maximum absolute atomic E-state index is 8.37. The van der Waals surface area contributed by atoms with Gasteiger partial charge in [-0.05, 0) is 43.1 Å². The first kappa shape index (κ1) is 5.28. The van der Waals surface area contributed by atoms with Crippen molar-refractivity contribution < 1.29 is 16.4 Å². The van der Waals surface area contributed by atoms with Crippen LogP contribution in [-0.2, 0) is 0 Å². The summed E-state index contributed by atoms with van der Waals surface area (Å²) >= 11 is 0. The number of aromatic amines is 1. The summed E-state index contributed by atoms with van der Waals surface area (Å²) in [5.41, 5.74) is -2.64. The molecule has 4 heterocycles. The van der Waals surface area contributed by atoms with Gasteiger partial charge in [-0.15, -0.1) is 0 Å². The highest BCUT2D eigenvalue weighted by molar-refractivity contribution is 5.82. The summed E-state index contributed by atoms with van der Waals surface area (Å²) in [7, 11) is 0. The summed E-state index contributed by atoms with van der Waals surface area (Å²) in [4.78, 5) is 11.8. The van der Waals surface area contributed by atoms with Crippen LogP contribution in [-0.4, -0.2) is 25.1 Å². The summed E-state index contributed by atoms with van der Waals surface area (Å²) in [6.45, 7) is -2.88. The maximum Gasteiger partial charge on any atom is 0.120 e. The van der Waals surface area contributed by atoms with Crippen molar-refractivity contribution in [3.8, 4) is 22.6 Å². The summed E-state index contributed by atoms with van der Waals surface area (Å²) in [5, 5.41) is 6.20. The van der Waals surface area contributed by atoms with Gasteiger partial charge < -0.3 is 0 Å². The van der Waals surface area contributed by atoms with E-state index in [0.29, 0.717) is 0 Å². The van der Waals surface area contributed by atoms with Gasteiger partial charge in [0.25, 0.3) is 0 Å². The number of aryl methyl sites for hydroxylation is 1. The molecule has 22 heavy (non-hydrogen) atoms. The van der Waals surface area contributed by atoms with Gasteiger partial charge in [0.15, 0.2) is 0 Å². The second-order valence-corrected chi connectivity index (χ2v) is 4.14. The fraction of sp³-hybridized carbons (Fsp3) is 0.0588. The predicted octanol–water partition coefficient (Wildman–Crippen LogP) is 3.39. The van der Waals surface area contributed by atoms with E-state index in [4.69, 9.17) is 16.4 Å². The molecule has 0 aliphatic heterocycles. The number of fused-ring (bicyclic) bond motifs is 1. The second-order valence-electron chi connectivity index (χ2n) is 4.14. The van der Waals surface area contributed by atoms with Crippen molar-refractivity contribution in [3.05, 3.63) is 60.3 Å². The number of hydrogen-bond acceptors (Lipinski definition) is 4. The summed E-state index contributed by atoms with van der Waals surface area (Å²) in [6, 6.07) is -4.28. The van der Waals surface area contributed by atoms with Crippen molar-refractivity contribution in [2.75, 3.05) is 0 Å². The largest absolute Gasteiger partial charge is 0.284 e. The highest BCUT2D eigenvalue weighted by Gasteiger charge is 2.13. The molecule has 4 rings (SSSR count). The first-order valence-corrected chi connectivity index (χ1v) is 6.04. The second kappa shape index (κ2) is 5.04. The standard InChI is InChI=1S/C17H13N5/c1-11-4-2-5-16(20-11)17-12(10-19-22-17)13-7-8-14-15(21-13)6-3-9-18-14/h2-10H,1H3,(H,19,22)/i1D3,2D,3D,4D,5D,6D,7D,8D,9D,10D. The van der Waals surface area contributed by atoms with Crippen LogP contribution in [0.4, 0.5) is 0 Å². The molecule has 0 radical (unpaired) electrons. The summed E-state index contributed by atoms with van der Waals surface area (Å²) in [6.07, 6.45) is -1.00. The molecule has 1 N–H and O–H groups in total. The Morgan fingerprint density at radius 1 is 1.00 bits per heavy atom. The Morgan fingerprint density at radius 2 is 2.00 bits per heavy atom. The van der Waals surface area contributed by atoms with E-state index in [1.54, 1.807) is 0 Å². The smallest absolute Gasteiger partial charge is 0.120 e. The van der Waals surface area contributed by atoms with E-state index in [-0.39, 0.29) is 28.0 Å². The van der Waals surface area contributed by atoms with E-state index < -0.39 is 72.9 Å². The molecular formula is C17H13N5. The Bertz CT molecular complexity index is 1490. The van der Waals surface area contributed by atoms with Crippen LogP contribution in [0.3, 0.4) is 0 Å². The SMILES string of the molecule is [2H]c1nc2c([2H])c([2H])c(-c3c(-c4nc(C([2H])([2H])[2H])c([2H])c([2H])c4[2H])n[nH]c3[2H])nc2c([2H])c1[2H]. The maximum atomic E-state index is 8.37. The fourth-order valence-electron chi connectivity index (χ4n) is 1.85. The average Bonchev–Trinajstić information content (AvgIpc) is 3.13. The molecule has 5 heteroatoms. The molecule has 0 amide bonds. The molecule has 0 aliphatic rings. The Hall–Kier alpha value is -3.08. The van der Waals surface area contributed by atoms with E-state index >= 15 is 0 Å². The van der Waals surface area contributed by atoms with E-state index in [1.165, 1.54) is 0 Å². The lowest BCUT2D eigenvalue weighted by atomic mass is 10.1. The van der Waals surface area contributed by atoms with Crippen molar-refractivity contribution in [1.29, 1.82) is 0 Å². The number of H-pyrrole nitrogens is 1. The molecule has 0 bridgehead atoms. The Morgan fingerprint density at radius 3 is 2.95 bits per heavy atom. The first-order valence-electron chi connectivity index (χ1n) is 12.0. The third-order valence-corrected chi connectivity index (χ3v) is 2.78. The van der Waals surface area contributed by atoms with E-state index in [2.05, 4.69) is 25.1 Å². The lowest BCUT2D eigenvalue weighted by Crippen LogP contribution is -1.91. The highest BCUT2D eigenvalue weighted by atomic mass is 15.1. The topological polar surface area (TPSA) is 67.3 Å². The van der Waals surface area contributed by atoms with Crippen molar-refractivity contribution >= 4 is 11.0 Å². The van der Waals surface area contributed by atoms with Gasteiger partial charge in [-0.2, -0.15) is 5.10 Å². The number of aromatic nitrogens is 5. The molecule has 0 aromatic carbocycles. The molecule has 0 saturated carbocycles. The lowest BCUT2D eigenvalue weighted by Gasteiger charge is -2.04. The Labute approximate surface area is 144 Å². The molecule has 106 valence electrons. The van der Waals surface area contributed by atoms with Crippen molar-refractivity contribution in [1.82, 2.24) is 25.1 Å². The monoisotopic (exact) mass is 299 g/mol. The molecule has 4 aromatic heterocycles. The number of nitrogens with one attached hydrogen (secondary N) is 1. The van der Waals surface area contributed by atoms with Gasteiger partial charge in [0.1, 0.15) is 5.69 Å². The van der Waals surface area contributed by atoms with Crippen LogP contribution >= 0.6 is 0 Å². The molecule has 0 fully saturated rings. The predicted molar refractivity (Wildman–Crippen MR) is 85.1 cm³/mol. The van der Waals surface area contributed by atoms with Crippen molar-refractivity contribution in [2.45, 2.75) is 6.85 Å². The van der Waals surface area contributed by atoms with E-state index in [9.17, 15) is 0 Å². The molecule has 0 unspecified atom stereocenters. The molecule has 0 aliphatic carbocycles. The average molecular weight is 299 g/mol. The molecule has 0 atom stereocenters. The first-order chi connectivity index (χ1) is 15.8. The van der Waals surface area contributed by atoms with Crippen LogP contribution in [0, 0.1) is 6.85 Å². The van der Waals surface area contributed by atoms with Crippen molar-refractivity contribution in [2.24, 2.45) is 0 Å². The third-order valence-electron chi connectivity index (χ3n) is 2.78. The minimum Gasteiger partial charge on any atom is -0.284 e. The third kappa shape index (κ3) is 2.13. The fourth-order valence-corrected chi connectivity index (χ4v) is 1.85. The van der Waals surface area contributed by atoms with Crippen molar-refractivity contribution in [3.63, 3.8) is 0 Å². The van der Waals surface area contributed by atoms with Gasteiger partial charge in [-0.25, -0.2) is 4.98 Å². The summed E-state index contributed by atoms with van der Waals surface area (Å²) in [5.74, 6) is 0. The molecule has 4 aromatic rings. The minimum absolute atomic E-state index is 0.254. The van der Waals surface area contributed by atoms with Crippen LogP contribution in [0.2, 0.25) is 0 Å². The molecule has 5 nitrogen and oxygen atoms in total. The number of hydrogen-bond donors (Lipinski definition) is 1. The summed E-state index contributed by atoms with van der Waals surface area (Å²) < 4.78 is 95.2. The molecule has 0 saturated heterocycles. The molecular weight excluding hydrogens is 274 g/mol. The Kier molecular flexibility index (Phi) is 1.21. The van der Waals surface area contributed by atoms with Crippen LogP contribution < -0.4 is 0 Å². The van der Waals surface area contributed by atoms with E-state index in [1.807, 2.05) is 0 Å². The lowest BCUT2D eigenvalue weighted by molar-refractivity contribution is 1.08. The number of pyridine rings is 3. The van der Waals surface area contributed by atoms with Gasteiger partial charge in [0.05, 0.1) is 34.8 Å². The van der Waals surface area contributed by atoms with Gasteiger partial charge in [0.2, 0.25) is 0 Å². The highest BCUT2D eigenvalue weighted by Crippen LogP contribution is 2.28. The molecule has 0 spiro atoms. The van der Waals surface area contributed by atoms with Gasteiger partial charge >= 0.3 is 0 Å². The zero-order valence-corrected chi connectivity index (χ0v) is 10.8. The van der Waals surface area contributed by atoms with Gasteiger partial charge in [-0.3, -0.25) is 15.1 Å². The van der Waals surface area contributed by atoms with Gasteiger partial charge in [-0.1, -0.05) is 6.04 Å². The zero-order valence-electron chi connectivity index (χ0n) is 22.8. The normalized spacial score (nSPS) is 19.3. The Balaban J connectivity index is 2.09.